The van der Waals surface area contributed by atoms with Gasteiger partial charge in [-0.25, -0.2) is 0 Å². The molecule has 0 atom stereocenters. The Morgan fingerprint density at radius 3 is 2.65 bits per heavy atom. The summed E-state index contributed by atoms with van der Waals surface area (Å²) in [5, 5.41) is 9.55. The molecule has 1 aliphatic rings. The standard InChI is InChI=1S/C16H24N2O2/c1-2-18(13-7-6-8-14(19)11-13)15(20)12-16(17)9-4-3-5-10-16/h6-8,11,19H,2-5,9-10,12,17H2,1H3. The zero-order valence-corrected chi connectivity index (χ0v) is 12.1. The van der Waals surface area contributed by atoms with Crippen molar-refractivity contribution >= 4 is 11.6 Å². The molecular formula is C16H24N2O2. The highest BCUT2D eigenvalue weighted by atomic mass is 16.3. The first kappa shape index (κ1) is 14.9. The van der Waals surface area contributed by atoms with E-state index < -0.39 is 0 Å². The fraction of sp³-hybridized carbons (Fsp3) is 0.562. The quantitative estimate of drug-likeness (QED) is 0.888. The maximum absolute atomic E-state index is 12.5. The number of phenolic OH excluding ortho intramolecular Hbond substituents is 1. The van der Waals surface area contributed by atoms with E-state index in [0.717, 1.165) is 31.4 Å². The minimum absolute atomic E-state index is 0.0440. The Morgan fingerprint density at radius 1 is 1.35 bits per heavy atom. The molecule has 0 saturated heterocycles. The average molecular weight is 276 g/mol. The first-order valence-electron chi connectivity index (χ1n) is 7.42. The highest BCUT2D eigenvalue weighted by molar-refractivity contribution is 5.94. The molecule has 2 rings (SSSR count). The van der Waals surface area contributed by atoms with E-state index in [1.807, 2.05) is 13.0 Å². The Hall–Kier alpha value is -1.55. The van der Waals surface area contributed by atoms with Gasteiger partial charge in [0.05, 0.1) is 0 Å². The van der Waals surface area contributed by atoms with E-state index >= 15 is 0 Å². The number of hydrogen-bond donors (Lipinski definition) is 2. The van der Waals surface area contributed by atoms with Crippen molar-refractivity contribution in [3.05, 3.63) is 24.3 Å². The Balaban J connectivity index is 2.09. The second-order valence-corrected chi connectivity index (χ2v) is 5.76. The molecule has 1 saturated carbocycles. The van der Waals surface area contributed by atoms with Gasteiger partial charge in [0, 0.05) is 30.3 Å². The van der Waals surface area contributed by atoms with Gasteiger partial charge in [0.2, 0.25) is 5.91 Å². The third-order valence-corrected chi connectivity index (χ3v) is 4.11. The van der Waals surface area contributed by atoms with Gasteiger partial charge < -0.3 is 15.7 Å². The molecule has 1 amide bonds. The SMILES string of the molecule is CCN(C(=O)CC1(N)CCCCC1)c1cccc(O)c1. The van der Waals surface area contributed by atoms with Gasteiger partial charge >= 0.3 is 0 Å². The average Bonchev–Trinajstić information content (AvgIpc) is 2.39. The van der Waals surface area contributed by atoms with Crippen molar-refractivity contribution in [3.8, 4) is 5.75 Å². The number of rotatable bonds is 4. The molecule has 0 aromatic heterocycles. The number of carbonyl (C=O) groups excluding carboxylic acids is 1. The van der Waals surface area contributed by atoms with Gasteiger partial charge in [-0.3, -0.25) is 4.79 Å². The van der Waals surface area contributed by atoms with Gasteiger partial charge in [0.15, 0.2) is 0 Å². The van der Waals surface area contributed by atoms with Gasteiger partial charge in [-0.15, -0.1) is 0 Å². The third kappa shape index (κ3) is 3.51. The molecular weight excluding hydrogens is 252 g/mol. The molecule has 20 heavy (non-hydrogen) atoms. The van der Waals surface area contributed by atoms with Crippen LogP contribution in [0, 0.1) is 0 Å². The predicted octanol–water partition coefficient (Wildman–Crippen LogP) is 2.80. The summed E-state index contributed by atoms with van der Waals surface area (Å²) in [5.41, 5.74) is 6.75. The van der Waals surface area contributed by atoms with Gasteiger partial charge in [-0.2, -0.15) is 0 Å². The summed E-state index contributed by atoms with van der Waals surface area (Å²) in [7, 11) is 0. The van der Waals surface area contributed by atoms with Crippen LogP contribution < -0.4 is 10.6 Å². The Kier molecular flexibility index (Phi) is 4.65. The summed E-state index contributed by atoms with van der Waals surface area (Å²) in [4.78, 5) is 14.2. The molecule has 0 bridgehead atoms. The second-order valence-electron chi connectivity index (χ2n) is 5.76. The van der Waals surface area contributed by atoms with E-state index in [9.17, 15) is 9.90 Å². The number of aromatic hydroxyl groups is 1. The fourth-order valence-corrected chi connectivity index (χ4v) is 2.99. The zero-order chi connectivity index (χ0) is 14.6. The molecule has 0 aliphatic heterocycles. The first-order valence-corrected chi connectivity index (χ1v) is 7.42. The lowest BCUT2D eigenvalue weighted by Crippen LogP contribution is -2.47. The third-order valence-electron chi connectivity index (χ3n) is 4.11. The van der Waals surface area contributed by atoms with Crippen molar-refractivity contribution < 1.29 is 9.90 Å². The van der Waals surface area contributed by atoms with Crippen LogP contribution in [0.1, 0.15) is 45.4 Å². The van der Waals surface area contributed by atoms with Gasteiger partial charge in [-0.1, -0.05) is 25.3 Å². The largest absolute Gasteiger partial charge is 0.508 e. The minimum atomic E-state index is -0.348. The minimum Gasteiger partial charge on any atom is -0.508 e. The van der Waals surface area contributed by atoms with Gasteiger partial charge in [-0.05, 0) is 31.9 Å². The van der Waals surface area contributed by atoms with Crippen molar-refractivity contribution in [2.75, 3.05) is 11.4 Å². The highest BCUT2D eigenvalue weighted by Crippen LogP contribution is 2.30. The van der Waals surface area contributed by atoms with E-state index in [0.29, 0.717) is 13.0 Å². The van der Waals surface area contributed by atoms with Crippen LogP contribution in [0.4, 0.5) is 5.69 Å². The highest BCUT2D eigenvalue weighted by Gasteiger charge is 2.31. The molecule has 1 fully saturated rings. The van der Waals surface area contributed by atoms with Gasteiger partial charge in [0.25, 0.3) is 0 Å². The lowest BCUT2D eigenvalue weighted by Gasteiger charge is -2.34. The van der Waals surface area contributed by atoms with E-state index in [1.54, 1.807) is 23.1 Å². The lowest BCUT2D eigenvalue weighted by molar-refractivity contribution is -0.120. The smallest absolute Gasteiger partial charge is 0.228 e. The summed E-state index contributed by atoms with van der Waals surface area (Å²) in [6, 6.07) is 6.81. The van der Waals surface area contributed by atoms with Crippen molar-refractivity contribution in [2.24, 2.45) is 5.73 Å². The van der Waals surface area contributed by atoms with Crippen LogP contribution in [0.15, 0.2) is 24.3 Å². The molecule has 1 aliphatic carbocycles. The summed E-state index contributed by atoms with van der Waals surface area (Å²) in [6.07, 6.45) is 5.68. The normalized spacial score (nSPS) is 17.7. The predicted molar refractivity (Wildman–Crippen MR) is 80.8 cm³/mol. The molecule has 0 spiro atoms. The van der Waals surface area contributed by atoms with Crippen LogP contribution in [0.3, 0.4) is 0 Å². The summed E-state index contributed by atoms with van der Waals surface area (Å²) >= 11 is 0. The van der Waals surface area contributed by atoms with E-state index in [4.69, 9.17) is 5.73 Å². The second kappa shape index (κ2) is 6.27. The van der Waals surface area contributed by atoms with Crippen molar-refractivity contribution in [3.63, 3.8) is 0 Å². The molecule has 0 unspecified atom stereocenters. The summed E-state index contributed by atoms with van der Waals surface area (Å²) in [5.74, 6) is 0.219. The van der Waals surface area contributed by atoms with Crippen molar-refractivity contribution in [1.82, 2.24) is 0 Å². The number of phenols is 1. The van der Waals surface area contributed by atoms with Crippen LogP contribution in [0.25, 0.3) is 0 Å². The summed E-state index contributed by atoms with van der Waals surface area (Å²) < 4.78 is 0. The van der Waals surface area contributed by atoms with Crippen LogP contribution in [-0.4, -0.2) is 23.1 Å². The topological polar surface area (TPSA) is 66.6 Å². The first-order chi connectivity index (χ1) is 9.54. The van der Waals surface area contributed by atoms with Crippen LogP contribution >= 0.6 is 0 Å². The number of hydrogen-bond acceptors (Lipinski definition) is 3. The Labute approximate surface area is 120 Å². The maximum atomic E-state index is 12.5. The zero-order valence-electron chi connectivity index (χ0n) is 12.1. The Morgan fingerprint density at radius 2 is 2.05 bits per heavy atom. The monoisotopic (exact) mass is 276 g/mol. The van der Waals surface area contributed by atoms with Gasteiger partial charge in [0.1, 0.15) is 5.75 Å². The molecule has 0 radical (unpaired) electrons. The number of amides is 1. The fourth-order valence-electron chi connectivity index (χ4n) is 2.99. The number of nitrogens with two attached hydrogens (primary N) is 1. The molecule has 1 aromatic rings. The Bertz CT molecular complexity index is 467. The van der Waals surface area contributed by atoms with Crippen molar-refractivity contribution in [1.29, 1.82) is 0 Å². The van der Waals surface area contributed by atoms with Crippen LogP contribution in [0.2, 0.25) is 0 Å². The van der Waals surface area contributed by atoms with Crippen LogP contribution in [-0.2, 0) is 4.79 Å². The molecule has 4 heteroatoms. The maximum Gasteiger partial charge on any atom is 0.228 e. The number of nitrogens with zero attached hydrogens (tertiary/aromatic N) is 1. The van der Waals surface area contributed by atoms with Crippen molar-refractivity contribution in [2.45, 2.75) is 51.0 Å². The molecule has 0 heterocycles. The molecule has 1 aromatic carbocycles. The van der Waals surface area contributed by atoms with E-state index in [-0.39, 0.29) is 17.2 Å². The molecule has 3 N–H and O–H groups in total. The van der Waals surface area contributed by atoms with Crippen LogP contribution in [0.5, 0.6) is 5.75 Å². The summed E-state index contributed by atoms with van der Waals surface area (Å²) in [6.45, 7) is 2.52. The van der Waals surface area contributed by atoms with E-state index in [1.165, 1.54) is 6.42 Å². The van der Waals surface area contributed by atoms with E-state index in [2.05, 4.69) is 0 Å². The molecule has 110 valence electrons. The number of carbonyl (C=O) groups is 1. The number of anilines is 1. The molecule has 4 nitrogen and oxygen atoms in total. The lowest BCUT2D eigenvalue weighted by atomic mass is 9.80. The number of benzene rings is 1.